The summed E-state index contributed by atoms with van der Waals surface area (Å²) in [6.45, 7) is 1.05. The fourth-order valence-electron chi connectivity index (χ4n) is 1.57. The predicted molar refractivity (Wildman–Crippen MR) is 79.1 cm³/mol. The third kappa shape index (κ3) is 5.32. The molecule has 21 heavy (non-hydrogen) atoms. The maximum Gasteiger partial charge on any atom is 0.328 e. The van der Waals surface area contributed by atoms with Crippen LogP contribution in [0.4, 0.5) is 5.82 Å². The summed E-state index contributed by atoms with van der Waals surface area (Å²) in [5, 5.41) is 11.6. The van der Waals surface area contributed by atoms with Crippen molar-refractivity contribution in [2.75, 3.05) is 18.5 Å². The fourth-order valence-corrected chi connectivity index (χ4v) is 1.57. The number of hydrogen-bond acceptors (Lipinski definition) is 5. The summed E-state index contributed by atoms with van der Waals surface area (Å²) >= 11 is 0. The van der Waals surface area contributed by atoms with E-state index in [4.69, 9.17) is 9.84 Å². The monoisotopic (exact) mass is 285 g/mol. The Morgan fingerprint density at radius 1 is 1.29 bits per heavy atom. The van der Waals surface area contributed by atoms with Gasteiger partial charge in [-0.3, -0.25) is 4.98 Å². The minimum absolute atomic E-state index is 0.478. The highest BCUT2D eigenvalue weighted by Gasteiger charge is 1.97. The van der Waals surface area contributed by atoms with Gasteiger partial charge in [0.05, 0.1) is 24.6 Å². The summed E-state index contributed by atoms with van der Waals surface area (Å²) in [6.07, 6.45) is 5.47. The van der Waals surface area contributed by atoms with Gasteiger partial charge in [-0.15, -0.1) is 0 Å². The molecule has 0 saturated carbocycles. The molecule has 0 aliphatic carbocycles. The van der Waals surface area contributed by atoms with Crippen molar-refractivity contribution in [1.82, 2.24) is 9.97 Å². The van der Waals surface area contributed by atoms with Crippen LogP contribution in [0, 0.1) is 0 Å². The number of aromatic nitrogens is 2. The maximum absolute atomic E-state index is 10.4. The number of para-hydroxylation sites is 1. The highest BCUT2D eigenvalue weighted by molar-refractivity contribution is 5.84. The zero-order valence-electron chi connectivity index (χ0n) is 11.3. The molecule has 2 rings (SSSR count). The molecule has 0 unspecified atom stereocenters. The van der Waals surface area contributed by atoms with Gasteiger partial charge in [-0.2, -0.15) is 0 Å². The van der Waals surface area contributed by atoms with Crippen molar-refractivity contribution in [3.8, 4) is 5.75 Å². The van der Waals surface area contributed by atoms with Crippen LogP contribution in [0.1, 0.15) is 5.69 Å². The topological polar surface area (TPSA) is 84.3 Å². The first-order chi connectivity index (χ1) is 10.2. The summed E-state index contributed by atoms with van der Waals surface area (Å²) in [7, 11) is 0. The molecule has 0 aliphatic rings. The van der Waals surface area contributed by atoms with E-state index >= 15 is 0 Å². The highest BCUT2D eigenvalue weighted by atomic mass is 16.5. The average molecular weight is 285 g/mol. The van der Waals surface area contributed by atoms with Crippen molar-refractivity contribution in [1.29, 1.82) is 0 Å². The third-order valence-electron chi connectivity index (χ3n) is 2.47. The molecule has 1 aromatic heterocycles. The fraction of sp³-hybridized carbons (Fsp3) is 0.133. The maximum atomic E-state index is 10.4. The van der Waals surface area contributed by atoms with E-state index in [1.807, 2.05) is 30.3 Å². The van der Waals surface area contributed by atoms with Gasteiger partial charge in [0.2, 0.25) is 0 Å². The molecule has 0 radical (unpaired) electrons. The van der Waals surface area contributed by atoms with E-state index in [9.17, 15) is 4.79 Å². The standard InChI is InChI=1S/C15H15N3O3/c19-15(20)7-6-12-10-16-11-14(18-12)17-8-9-21-13-4-2-1-3-5-13/h1-7,10-11H,8-9H2,(H,17,18)(H,19,20)/b7-6+. The Morgan fingerprint density at radius 3 is 2.86 bits per heavy atom. The van der Waals surface area contributed by atoms with Crippen LogP contribution in [0.2, 0.25) is 0 Å². The van der Waals surface area contributed by atoms with Crippen molar-refractivity contribution in [2.45, 2.75) is 0 Å². The zero-order valence-corrected chi connectivity index (χ0v) is 11.3. The summed E-state index contributed by atoms with van der Waals surface area (Å²) in [5.74, 6) is 0.356. The molecule has 6 heteroatoms. The SMILES string of the molecule is O=C(O)/C=C/c1cncc(NCCOc2ccccc2)n1. The van der Waals surface area contributed by atoms with Gasteiger partial charge in [0, 0.05) is 6.08 Å². The van der Waals surface area contributed by atoms with Crippen molar-refractivity contribution >= 4 is 17.9 Å². The number of carboxylic acid groups (broad SMARTS) is 1. The lowest BCUT2D eigenvalue weighted by molar-refractivity contribution is -0.131. The highest BCUT2D eigenvalue weighted by Crippen LogP contribution is 2.08. The van der Waals surface area contributed by atoms with Crippen LogP contribution in [0.3, 0.4) is 0 Å². The summed E-state index contributed by atoms with van der Waals surface area (Å²) in [4.78, 5) is 18.6. The smallest absolute Gasteiger partial charge is 0.328 e. The van der Waals surface area contributed by atoms with Crippen LogP contribution < -0.4 is 10.1 Å². The van der Waals surface area contributed by atoms with Crippen LogP contribution in [0.25, 0.3) is 6.08 Å². The van der Waals surface area contributed by atoms with Gasteiger partial charge >= 0.3 is 5.97 Å². The van der Waals surface area contributed by atoms with Crippen LogP contribution in [0.5, 0.6) is 5.75 Å². The molecule has 0 bridgehead atoms. The van der Waals surface area contributed by atoms with E-state index in [1.54, 1.807) is 6.20 Å². The van der Waals surface area contributed by atoms with E-state index < -0.39 is 5.97 Å². The lowest BCUT2D eigenvalue weighted by Gasteiger charge is -2.07. The molecular weight excluding hydrogens is 270 g/mol. The van der Waals surface area contributed by atoms with Gasteiger partial charge in [0.25, 0.3) is 0 Å². The van der Waals surface area contributed by atoms with Gasteiger partial charge in [0.15, 0.2) is 0 Å². The molecule has 0 amide bonds. The average Bonchev–Trinajstić information content (AvgIpc) is 2.51. The second-order valence-electron chi connectivity index (χ2n) is 4.09. The number of carboxylic acids is 1. The van der Waals surface area contributed by atoms with Crippen LogP contribution >= 0.6 is 0 Å². The summed E-state index contributed by atoms with van der Waals surface area (Å²) in [6, 6.07) is 9.52. The molecule has 1 heterocycles. The minimum Gasteiger partial charge on any atom is -0.492 e. The molecule has 0 spiro atoms. The normalized spacial score (nSPS) is 10.5. The molecule has 2 N–H and O–H groups in total. The predicted octanol–water partition coefficient (Wildman–Crippen LogP) is 2.07. The van der Waals surface area contributed by atoms with Crippen LogP contribution in [-0.2, 0) is 4.79 Å². The van der Waals surface area contributed by atoms with E-state index in [-0.39, 0.29) is 0 Å². The Balaban J connectivity index is 1.80. The number of nitrogens with one attached hydrogen (secondary N) is 1. The molecule has 2 aromatic rings. The molecule has 6 nitrogen and oxygen atoms in total. The minimum atomic E-state index is -1.02. The van der Waals surface area contributed by atoms with E-state index in [2.05, 4.69) is 15.3 Å². The lowest BCUT2D eigenvalue weighted by atomic mass is 10.3. The summed E-state index contributed by atoms with van der Waals surface area (Å²) < 4.78 is 5.53. The van der Waals surface area contributed by atoms with E-state index in [0.29, 0.717) is 24.7 Å². The Kier molecular flexibility index (Phi) is 5.28. The molecule has 0 atom stereocenters. The molecular formula is C15H15N3O3. The Labute approximate surface area is 122 Å². The van der Waals surface area contributed by atoms with E-state index in [1.165, 1.54) is 12.3 Å². The number of nitrogens with zero attached hydrogens (tertiary/aromatic N) is 2. The van der Waals surface area contributed by atoms with Gasteiger partial charge in [0.1, 0.15) is 18.2 Å². The first-order valence-corrected chi connectivity index (χ1v) is 6.39. The quantitative estimate of drug-likeness (QED) is 0.598. The first-order valence-electron chi connectivity index (χ1n) is 6.39. The Hall–Kier alpha value is -2.89. The van der Waals surface area contributed by atoms with Crippen molar-refractivity contribution in [3.05, 3.63) is 54.5 Å². The van der Waals surface area contributed by atoms with Crippen molar-refractivity contribution < 1.29 is 14.6 Å². The van der Waals surface area contributed by atoms with Gasteiger partial charge < -0.3 is 15.2 Å². The zero-order chi connectivity index (χ0) is 14.9. The lowest BCUT2D eigenvalue weighted by Crippen LogP contribution is -2.12. The first kappa shape index (κ1) is 14.5. The van der Waals surface area contributed by atoms with E-state index in [0.717, 1.165) is 11.8 Å². The van der Waals surface area contributed by atoms with Crippen LogP contribution in [0.15, 0.2) is 48.8 Å². The van der Waals surface area contributed by atoms with Crippen molar-refractivity contribution in [3.63, 3.8) is 0 Å². The number of rotatable bonds is 7. The van der Waals surface area contributed by atoms with Crippen molar-refractivity contribution in [2.24, 2.45) is 0 Å². The molecule has 108 valence electrons. The molecule has 1 aromatic carbocycles. The Bertz CT molecular complexity index is 615. The van der Waals surface area contributed by atoms with Gasteiger partial charge in [-0.1, -0.05) is 18.2 Å². The number of aliphatic carboxylic acids is 1. The number of carbonyl (C=O) groups is 1. The second-order valence-corrected chi connectivity index (χ2v) is 4.09. The number of anilines is 1. The molecule has 0 aliphatic heterocycles. The largest absolute Gasteiger partial charge is 0.492 e. The molecule has 0 fully saturated rings. The van der Waals surface area contributed by atoms with Crippen LogP contribution in [-0.4, -0.2) is 34.2 Å². The van der Waals surface area contributed by atoms with Gasteiger partial charge in [-0.05, 0) is 18.2 Å². The summed E-state index contributed by atoms with van der Waals surface area (Å²) in [5.41, 5.74) is 0.478. The number of hydrogen-bond donors (Lipinski definition) is 2. The number of benzene rings is 1. The van der Waals surface area contributed by atoms with Gasteiger partial charge in [-0.25, -0.2) is 9.78 Å². The molecule has 0 saturated heterocycles. The third-order valence-corrected chi connectivity index (χ3v) is 2.47. The Morgan fingerprint density at radius 2 is 2.10 bits per heavy atom. The number of ether oxygens (including phenoxy) is 1. The second kappa shape index (κ2) is 7.64.